The molecule has 1 aromatic rings. The van der Waals surface area contributed by atoms with Gasteiger partial charge in [0.1, 0.15) is 6.61 Å². The average molecular weight is 415 g/mol. The van der Waals surface area contributed by atoms with E-state index in [-0.39, 0.29) is 5.92 Å². The molecule has 4 heterocycles. The molecule has 2 unspecified atom stereocenters. The van der Waals surface area contributed by atoms with Gasteiger partial charge in [-0.1, -0.05) is 12.8 Å². The molecule has 0 aromatic carbocycles. The fourth-order valence-corrected chi connectivity index (χ4v) is 5.53. The Hall–Kier alpha value is -2.35. The second-order valence-electron chi connectivity index (χ2n) is 8.74. The van der Waals surface area contributed by atoms with Crippen LogP contribution in [0.4, 0.5) is 0 Å². The van der Waals surface area contributed by atoms with E-state index in [1.807, 2.05) is 15.6 Å². The van der Waals surface area contributed by atoms with E-state index in [9.17, 15) is 9.59 Å². The van der Waals surface area contributed by atoms with Crippen LogP contribution in [0.25, 0.3) is 0 Å². The van der Waals surface area contributed by atoms with Crippen LogP contribution in [-0.4, -0.2) is 52.2 Å². The minimum absolute atomic E-state index is 0.00674. The second-order valence-corrected chi connectivity index (χ2v) is 8.74. The first kappa shape index (κ1) is 19.6. The Morgan fingerprint density at radius 3 is 2.63 bits per heavy atom. The number of carbonyl (C=O) groups excluding carboxylic acids is 2. The van der Waals surface area contributed by atoms with Gasteiger partial charge in [0.2, 0.25) is 5.88 Å². The number of ether oxygens (including phenoxy) is 3. The molecule has 2 atom stereocenters. The van der Waals surface area contributed by atoms with Crippen LogP contribution in [0, 0.1) is 11.8 Å². The fourth-order valence-electron chi connectivity index (χ4n) is 5.53. The second kappa shape index (κ2) is 8.06. The summed E-state index contributed by atoms with van der Waals surface area (Å²) in [6.07, 6.45) is 10.9. The Bertz CT molecular complexity index is 804. The van der Waals surface area contributed by atoms with Gasteiger partial charge in [0.25, 0.3) is 0 Å². The fraction of sp³-hybridized carbons (Fsp3) is 0.682. The van der Waals surface area contributed by atoms with Gasteiger partial charge in [0.05, 0.1) is 5.92 Å². The number of hydrogen-bond donors (Lipinski definition) is 0. The number of fused-ring (bicyclic) bond motifs is 3. The van der Waals surface area contributed by atoms with Crippen molar-refractivity contribution in [3.63, 3.8) is 0 Å². The Kier molecular flexibility index (Phi) is 5.26. The molecule has 1 aliphatic carbocycles. The van der Waals surface area contributed by atoms with Crippen molar-refractivity contribution in [2.24, 2.45) is 11.8 Å². The summed E-state index contributed by atoms with van der Waals surface area (Å²) in [6.45, 7) is 2.52. The number of esters is 2. The minimum Gasteiger partial charge on any atom is -0.475 e. The van der Waals surface area contributed by atoms with E-state index in [0.717, 1.165) is 57.2 Å². The van der Waals surface area contributed by atoms with E-state index in [0.29, 0.717) is 31.5 Å². The van der Waals surface area contributed by atoms with Gasteiger partial charge in [-0.15, -0.1) is 5.10 Å². The summed E-state index contributed by atoms with van der Waals surface area (Å²) in [5.74, 6) is -1.37. The van der Waals surface area contributed by atoms with Crippen molar-refractivity contribution in [2.75, 3.05) is 19.7 Å². The number of rotatable bonds is 4. The molecule has 0 radical (unpaired) electrons. The number of likely N-dealkylation sites (tertiary alicyclic amines) is 1. The van der Waals surface area contributed by atoms with Crippen LogP contribution in [0.1, 0.15) is 50.6 Å². The molecule has 1 aromatic heterocycles. The Balaban J connectivity index is 1.32. The largest absolute Gasteiger partial charge is 0.475 e. The molecule has 1 saturated heterocycles. The van der Waals surface area contributed by atoms with Crippen LogP contribution in [0.3, 0.4) is 0 Å². The molecular weight excluding hydrogens is 386 g/mol. The zero-order chi connectivity index (χ0) is 20.6. The topological polar surface area (TPSA) is 82.9 Å². The molecule has 0 bridgehead atoms. The van der Waals surface area contributed by atoms with E-state index in [1.165, 1.54) is 18.5 Å². The van der Waals surface area contributed by atoms with Crippen LogP contribution in [0.15, 0.2) is 18.2 Å². The van der Waals surface area contributed by atoms with Gasteiger partial charge in [-0.05, 0) is 44.4 Å². The van der Waals surface area contributed by atoms with Crippen molar-refractivity contribution >= 4 is 11.9 Å². The summed E-state index contributed by atoms with van der Waals surface area (Å²) >= 11 is 0. The van der Waals surface area contributed by atoms with Gasteiger partial charge in [-0.25, -0.2) is 14.5 Å². The first-order valence-electron chi connectivity index (χ1n) is 11.2. The van der Waals surface area contributed by atoms with E-state index in [2.05, 4.69) is 5.10 Å². The molecule has 1 spiro atoms. The van der Waals surface area contributed by atoms with Crippen LogP contribution < -0.4 is 4.74 Å². The Labute approximate surface area is 176 Å². The lowest BCUT2D eigenvalue weighted by molar-refractivity contribution is -0.330. The Morgan fingerprint density at radius 1 is 1.03 bits per heavy atom. The van der Waals surface area contributed by atoms with Crippen LogP contribution >= 0.6 is 0 Å². The van der Waals surface area contributed by atoms with Crippen molar-refractivity contribution in [3.05, 3.63) is 23.9 Å². The van der Waals surface area contributed by atoms with Crippen molar-refractivity contribution in [1.29, 1.82) is 0 Å². The number of piperidine rings is 1. The third-order valence-corrected chi connectivity index (χ3v) is 6.94. The van der Waals surface area contributed by atoms with Gasteiger partial charge < -0.3 is 14.2 Å². The molecule has 8 heteroatoms. The van der Waals surface area contributed by atoms with E-state index in [1.54, 1.807) is 0 Å². The minimum atomic E-state index is -1.34. The van der Waals surface area contributed by atoms with Gasteiger partial charge in [-0.3, -0.25) is 4.68 Å². The highest BCUT2D eigenvalue weighted by atomic mass is 16.8. The van der Waals surface area contributed by atoms with Crippen molar-refractivity contribution in [2.45, 2.75) is 63.8 Å². The molecule has 5 rings (SSSR count). The van der Waals surface area contributed by atoms with Gasteiger partial charge in [0.15, 0.2) is 0 Å². The molecule has 162 valence electrons. The molecule has 30 heavy (non-hydrogen) atoms. The first-order chi connectivity index (χ1) is 14.6. The summed E-state index contributed by atoms with van der Waals surface area (Å²) < 4.78 is 19.7. The van der Waals surface area contributed by atoms with Crippen LogP contribution in [0.2, 0.25) is 0 Å². The molecule has 0 N–H and O–H groups in total. The van der Waals surface area contributed by atoms with E-state index < -0.39 is 17.8 Å². The summed E-state index contributed by atoms with van der Waals surface area (Å²) in [7, 11) is 0. The third kappa shape index (κ3) is 3.62. The van der Waals surface area contributed by atoms with Gasteiger partial charge >= 0.3 is 17.8 Å². The number of aromatic nitrogens is 2. The maximum Gasteiger partial charge on any atom is 0.335 e. The standard InChI is InChI=1S/C22H29N3O5/c26-20-8-9-21(27)30-22(29-20)18-7-2-1-5-16(18)10-12-24(22)13-14-28-19-15-17-6-3-4-11-25(17)23-19/h8-9,15-16,18H,1-7,10-14H2. The molecule has 4 aliphatic rings. The molecule has 8 nitrogen and oxygen atoms in total. The van der Waals surface area contributed by atoms with Crippen molar-refractivity contribution in [1.82, 2.24) is 14.7 Å². The summed E-state index contributed by atoms with van der Waals surface area (Å²) in [4.78, 5) is 26.6. The quantitative estimate of drug-likeness (QED) is 0.699. The van der Waals surface area contributed by atoms with Crippen LogP contribution in [0.5, 0.6) is 5.88 Å². The van der Waals surface area contributed by atoms with Gasteiger partial charge in [-0.2, -0.15) is 0 Å². The third-order valence-electron chi connectivity index (χ3n) is 6.94. The zero-order valence-corrected chi connectivity index (χ0v) is 17.3. The maximum atomic E-state index is 12.3. The SMILES string of the molecule is O=C1C=CC(=O)OC2(O1)C1CCCCC1CCN2CCOc1cc2n(n1)CCCC2. The lowest BCUT2D eigenvalue weighted by atomic mass is 9.72. The summed E-state index contributed by atoms with van der Waals surface area (Å²) in [5.41, 5.74) is 1.22. The molecule has 2 fully saturated rings. The summed E-state index contributed by atoms with van der Waals surface area (Å²) in [5, 5.41) is 4.54. The zero-order valence-electron chi connectivity index (χ0n) is 17.3. The van der Waals surface area contributed by atoms with Crippen molar-refractivity contribution < 1.29 is 23.8 Å². The summed E-state index contributed by atoms with van der Waals surface area (Å²) in [6, 6.07) is 2.01. The van der Waals surface area contributed by atoms with Crippen LogP contribution in [-0.2, 0) is 32.0 Å². The number of carbonyl (C=O) groups is 2. The monoisotopic (exact) mass is 415 g/mol. The molecule has 3 aliphatic heterocycles. The van der Waals surface area contributed by atoms with E-state index in [4.69, 9.17) is 14.2 Å². The molecule has 0 amide bonds. The van der Waals surface area contributed by atoms with Crippen molar-refractivity contribution in [3.8, 4) is 5.88 Å². The number of nitrogens with zero attached hydrogens (tertiary/aromatic N) is 3. The Morgan fingerprint density at radius 2 is 1.83 bits per heavy atom. The molecular formula is C22H29N3O5. The highest BCUT2D eigenvalue weighted by molar-refractivity contribution is 5.93. The lowest BCUT2D eigenvalue weighted by Crippen LogP contribution is -2.65. The van der Waals surface area contributed by atoms with Gasteiger partial charge in [0, 0.05) is 43.5 Å². The normalized spacial score (nSPS) is 28.3. The highest BCUT2D eigenvalue weighted by Gasteiger charge is 2.57. The average Bonchev–Trinajstić information content (AvgIpc) is 3.10. The smallest absolute Gasteiger partial charge is 0.335 e. The number of aryl methyl sites for hydroxylation is 2. The van der Waals surface area contributed by atoms with E-state index >= 15 is 0 Å². The predicted octanol–water partition coefficient (Wildman–Crippen LogP) is 2.42. The molecule has 1 saturated carbocycles. The predicted molar refractivity (Wildman–Crippen MR) is 106 cm³/mol. The number of hydrogen-bond acceptors (Lipinski definition) is 7. The first-order valence-corrected chi connectivity index (χ1v) is 11.2. The maximum absolute atomic E-state index is 12.3. The lowest BCUT2D eigenvalue weighted by Gasteiger charge is -2.52. The highest BCUT2D eigenvalue weighted by Crippen LogP contribution is 2.47.